The molecule has 0 bridgehead atoms. The molecule has 0 spiro atoms. The van der Waals surface area contributed by atoms with E-state index in [0.717, 1.165) is 0 Å². The molecule has 0 radical (unpaired) electrons. The van der Waals surface area contributed by atoms with Crippen LogP contribution in [0.1, 0.15) is 54.4 Å². The van der Waals surface area contributed by atoms with Crippen molar-refractivity contribution in [2.45, 2.75) is 65.6 Å². The molecule has 0 aliphatic rings. The highest BCUT2D eigenvalue weighted by Crippen LogP contribution is 2.63. The first-order valence-electron chi connectivity index (χ1n) is 9.62. The average Bonchev–Trinajstić information content (AvgIpc) is 2.56. The summed E-state index contributed by atoms with van der Waals surface area (Å²) in [5, 5.41) is 0.767. The van der Waals surface area contributed by atoms with Crippen molar-refractivity contribution >= 4 is 25.9 Å². The topological polar surface area (TPSA) is 139 Å². The minimum Gasteiger partial charge on any atom is -0.466 e. The van der Waals surface area contributed by atoms with Crippen LogP contribution in [0.25, 0.3) is 0 Å². The highest BCUT2D eigenvalue weighted by Gasteiger charge is 2.54. The highest BCUT2D eigenvalue weighted by molar-refractivity contribution is 7.54. The van der Waals surface area contributed by atoms with E-state index in [0.29, 0.717) is 18.4 Å². The van der Waals surface area contributed by atoms with Gasteiger partial charge in [-0.1, -0.05) is 39.3 Å². The van der Waals surface area contributed by atoms with Crippen LogP contribution in [0, 0.1) is 11.8 Å². The first-order chi connectivity index (χ1) is 13.4. The highest BCUT2D eigenvalue weighted by atomic mass is 31.2. The van der Waals surface area contributed by atoms with Crippen molar-refractivity contribution in [2.75, 3.05) is 13.2 Å². The number of nitrogens with one attached hydrogen (secondary N) is 1. The molecular weight excluding hydrogens is 401 g/mol. The van der Waals surface area contributed by atoms with Gasteiger partial charge in [0.1, 0.15) is 6.04 Å². The van der Waals surface area contributed by atoms with Crippen molar-refractivity contribution in [3.05, 3.63) is 11.6 Å². The zero-order valence-electron chi connectivity index (χ0n) is 18.0. The molecule has 0 aliphatic heterocycles. The van der Waals surface area contributed by atoms with E-state index in [2.05, 4.69) is 5.32 Å². The van der Waals surface area contributed by atoms with Gasteiger partial charge in [-0.2, -0.15) is 0 Å². The van der Waals surface area contributed by atoms with Crippen LogP contribution in [0.15, 0.2) is 11.6 Å². The zero-order chi connectivity index (χ0) is 22.8. The third-order valence-corrected chi connectivity index (χ3v) is 7.09. The zero-order valence-corrected chi connectivity index (χ0v) is 18.9. The number of hydrogen-bond donors (Lipinski definition) is 3. The maximum atomic E-state index is 12.7. The van der Waals surface area contributed by atoms with Gasteiger partial charge in [-0.25, -0.2) is 4.79 Å². The summed E-state index contributed by atoms with van der Waals surface area (Å²) in [6.45, 7) is 9.83. The third-order valence-electron chi connectivity index (χ3n) is 4.81. The quantitative estimate of drug-likeness (QED) is 0.131. The summed E-state index contributed by atoms with van der Waals surface area (Å²) in [4.78, 5) is 55.0. The molecule has 9 nitrogen and oxygen atoms in total. The second-order valence-corrected chi connectivity index (χ2v) is 9.16. The second kappa shape index (κ2) is 12.1. The molecule has 3 N–H and O–H groups in total. The Morgan fingerprint density at radius 3 is 2.07 bits per heavy atom. The van der Waals surface area contributed by atoms with Crippen molar-refractivity contribution < 1.29 is 38.2 Å². The van der Waals surface area contributed by atoms with E-state index in [1.165, 1.54) is 13.0 Å². The lowest BCUT2D eigenvalue weighted by atomic mass is 9.76. The predicted octanol–water partition coefficient (Wildman–Crippen LogP) is 2.16. The average molecular weight is 435 g/mol. The van der Waals surface area contributed by atoms with Gasteiger partial charge in [0.05, 0.1) is 18.4 Å². The Labute approximate surface area is 172 Å². The lowest BCUT2D eigenvalue weighted by Crippen LogP contribution is -2.45. The molecule has 1 unspecified atom stereocenters. The summed E-state index contributed by atoms with van der Waals surface area (Å²) in [5.74, 6) is -2.16. The van der Waals surface area contributed by atoms with Crippen molar-refractivity contribution in [3.8, 4) is 0 Å². The molecule has 0 saturated heterocycles. The van der Waals surface area contributed by atoms with E-state index >= 15 is 0 Å². The Bertz CT molecular complexity index is 630. The van der Waals surface area contributed by atoms with Gasteiger partial charge >= 0.3 is 19.5 Å². The van der Waals surface area contributed by atoms with E-state index in [-0.39, 0.29) is 19.6 Å². The predicted molar refractivity (Wildman–Crippen MR) is 108 cm³/mol. The Morgan fingerprint density at radius 1 is 1.14 bits per heavy atom. The molecule has 0 aromatic carbocycles. The first kappa shape index (κ1) is 27.3. The molecule has 1 amide bonds. The van der Waals surface area contributed by atoms with Crippen LogP contribution in [0.3, 0.4) is 0 Å². The van der Waals surface area contributed by atoms with E-state index in [1.54, 1.807) is 34.6 Å². The van der Waals surface area contributed by atoms with Crippen LogP contribution < -0.4 is 5.32 Å². The summed E-state index contributed by atoms with van der Waals surface area (Å²) in [5.41, 5.74) is 0.315. The summed E-state index contributed by atoms with van der Waals surface area (Å²) in [6.07, 6.45) is 2.14. The largest absolute Gasteiger partial charge is 0.466 e. The summed E-state index contributed by atoms with van der Waals surface area (Å²) in [7, 11) is -4.71. The van der Waals surface area contributed by atoms with Gasteiger partial charge in [0.2, 0.25) is 6.41 Å². The van der Waals surface area contributed by atoms with Crippen molar-refractivity contribution in [1.82, 2.24) is 5.32 Å². The lowest BCUT2D eigenvalue weighted by molar-refractivity contribution is -0.145. The van der Waals surface area contributed by atoms with E-state index in [4.69, 9.17) is 9.47 Å². The molecule has 10 heteroatoms. The van der Waals surface area contributed by atoms with Crippen molar-refractivity contribution in [1.29, 1.82) is 0 Å². The van der Waals surface area contributed by atoms with Gasteiger partial charge in [0, 0.05) is 6.92 Å². The fraction of sp³-hybridized carbons (Fsp3) is 0.737. The molecule has 168 valence electrons. The number of esters is 2. The maximum absolute atomic E-state index is 12.7. The molecule has 0 fully saturated rings. The number of amides is 1. The molecule has 0 heterocycles. The van der Waals surface area contributed by atoms with E-state index in [1.807, 2.05) is 0 Å². The minimum atomic E-state index is -4.71. The molecule has 29 heavy (non-hydrogen) atoms. The Morgan fingerprint density at radius 2 is 1.69 bits per heavy atom. The van der Waals surface area contributed by atoms with Crippen molar-refractivity contribution in [2.24, 2.45) is 11.8 Å². The second-order valence-electron chi connectivity index (χ2n) is 7.33. The monoisotopic (exact) mass is 435 g/mol. The normalized spacial score (nSPS) is 13.9. The lowest BCUT2D eigenvalue weighted by Gasteiger charge is -2.44. The fourth-order valence-corrected chi connectivity index (χ4v) is 5.76. The fourth-order valence-electron chi connectivity index (χ4n) is 3.85. The number of carbonyl (C=O) groups is 3. The molecule has 0 aliphatic carbocycles. The van der Waals surface area contributed by atoms with Gasteiger partial charge < -0.3 is 24.6 Å². The van der Waals surface area contributed by atoms with Crippen molar-refractivity contribution in [3.63, 3.8) is 0 Å². The Hall–Kier alpha value is -1.70. The van der Waals surface area contributed by atoms with Crippen LogP contribution in [-0.4, -0.2) is 52.5 Å². The van der Waals surface area contributed by atoms with Gasteiger partial charge in [-0.15, -0.1) is 0 Å². The number of carbonyl (C=O) groups excluding carboxylic acids is 3. The molecule has 0 aromatic rings. The summed E-state index contributed by atoms with van der Waals surface area (Å²) in [6, 6.07) is -1.19. The Balaban J connectivity index is 6.41. The standard InChI is InChI=1S/C19H34NO8P/c1-7-27-18(23)17(20-12-21)11-16(9-8-10-28-15(6)22)19(13(2)3,14(4)5)29(24,25)26/h11-14,17H,7-10H2,1-6H3,(H,20,21)(H2,24,25,26). The van der Waals surface area contributed by atoms with Gasteiger partial charge in [0.15, 0.2) is 0 Å². The first-order valence-corrected chi connectivity index (χ1v) is 11.2. The van der Waals surface area contributed by atoms with E-state index in [9.17, 15) is 28.7 Å². The summed E-state index contributed by atoms with van der Waals surface area (Å²) < 4.78 is 22.6. The maximum Gasteiger partial charge on any atom is 0.336 e. The van der Waals surface area contributed by atoms with E-state index < -0.39 is 42.6 Å². The molecular formula is C19H34NO8P. The van der Waals surface area contributed by atoms with Gasteiger partial charge in [0.25, 0.3) is 0 Å². The smallest absolute Gasteiger partial charge is 0.336 e. The number of rotatable bonds is 13. The van der Waals surface area contributed by atoms with Crippen LogP contribution in [0.4, 0.5) is 0 Å². The van der Waals surface area contributed by atoms with Crippen LogP contribution in [0.5, 0.6) is 0 Å². The van der Waals surface area contributed by atoms with Crippen LogP contribution >= 0.6 is 7.60 Å². The van der Waals surface area contributed by atoms with Crippen LogP contribution in [0.2, 0.25) is 0 Å². The Kier molecular flexibility index (Phi) is 11.4. The number of allylic oxidation sites excluding steroid dienone is 1. The molecule has 0 aromatic heterocycles. The minimum absolute atomic E-state index is 0.0608. The summed E-state index contributed by atoms with van der Waals surface area (Å²) >= 11 is 0. The molecule has 0 saturated carbocycles. The number of ether oxygens (including phenoxy) is 2. The third kappa shape index (κ3) is 7.24. The molecule has 0 rings (SSSR count). The number of hydrogen-bond acceptors (Lipinski definition) is 6. The van der Waals surface area contributed by atoms with Gasteiger partial charge in [-0.3, -0.25) is 14.2 Å². The molecule has 1 atom stereocenters. The SMILES string of the molecule is CCOC(=O)C(C=C(CCCOC(C)=O)C(C(C)C)(C(C)C)P(=O)(O)O)NC=O. The van der Waals surface area contributed by atoms with Gasteiger partial charge in [-0.05, 0) is 31.6 Å². The van der Waals surface area contributed by atoms with Crippen LogP contribution in [-0.2, 0) is 28.4 Å².